The van der Waals surface area contributed by atoms with Crippen LogP contribution >= 0.6 is 0 Å². The number of hydrogen-bond acceptors (Lipinski definition) is 1. The fourth-order valence-corrected chi connectivity index (χ4v) is 1.28. The maximum absolute atomic E-state index is 12.6. The summed E-state index contributed by atoms with van der Waals surface area (Å²) in [4.78, 5) is 3.98. The summed E-state index contributed by atoms with van der Waals surface area (Å²) in [5, 5.41) is 0. The number of unbranched alkanes of at least 4 members (excludes halogenated alkanes) is 1. The Morgan fingerprint density at radius 3 is 2.56 bits per heavy atom. The molecule has 0 bridgehead atoms. The van der Waals surface area contributed by atoms with E-state index < -0.39 is 11.7 Å². The van der Waals surface area contributed by atoms with Crippen LogP contribution in [0.25, 0.3) is 0 Å². The third kappa shape index (κ3) is 3.68. The smallest absolute Gasteiger partial charge is 0.293 e. The monoisotopic (exact) mass is 229 g/mol. The van der Waals surface area contributed by atoms with Gasteiger partial charge in [-0.1, -0.05) is 31.5 Å². The van der Waals surface area contributed by atoms with Crippen molar-refractivity contribution in [1.82, 2.24) is 0 Å². The summed E-state index contributed by atoms with van der Waals surface area (Å²) < 4.78 is 37.7. The van der Waals surface area contributed by atoms with Crippen molar-refractivity contribution in [2.24, 2.45) is 4.99 Å². The molecular weight excluding hydrogens is 215 g/mol. The first kappa shape index (κ1) is 12.7. The topological polar surface area (TPSA) is 12.4 Å². The van der Waals surface area contributed by atoms with Crippen LogP contribution in [-0.4, -0.2) is 12.8 Å². The van der Waals surface area contributed by atoms with Crippen molar-refractivity contribution in [2.75, 3.05) is 6.54 Å². The molecule has 1 aromatic carbocycles. The van der Waals surface area contributed by atoms with Gasteiger partial charge in [-0.05, 0) is 12.5 Å². The highest BCUT2D eigenvalue weighted by Gasteiger charge is 2.32. The van der Waals surface area contributed by atoms with Crippen molar-refractivity contribution in [1.29, 1.82) is 0 Å². The molecule has 16 heavy (non-hydrogen) atoms. The quantitative estimate of drug-likeness (QED) is 0.548. The largest absolute Gasteiger partial charge is 0.417 e. The SMILES string of the molecule is CCCCN=Cc1ccccc1C(F)(F)F. The van der Waals surface area contributed by atoms with Crippen LogP contribution in [0.4, 0.5) is 13.2 Å². The summed E-state index contributed by atoms with van der Waals surface area (Å²) in [5.74, 6) is 0. The number of nitrogens with zero attached hydrogens (tertiary/aromatic N) is 1. The molecule has 0 radical (unpaired) electrons. The van der Waals surface area contributed by atoms with Gasteiger partial charge in [0.05, 0.1) is 5.56 Å². The molecule has 0 saturated heterocycles. The molecule has 88 valence electrons. The lowest BCUT2D eigenvalue weighted by molar-refractivity contribution is -0.137. The molecule has 0 fully saturated rings. The molecule has 0 atom stereocenters. The van der Waals surface area contributed by atoms with Gasteiger partial charge in [0.25, 0.3) is 0 Å². The number of benzene rings is 1. The first-order valence-electron chi connectivity index (χ1n) is 5.21. The molecule has 4 heteroatoms. The number of halogens is 3. The second-order valence-corrected chi connectivity index (χ2v) is 3.47. The zero-order valence-electron chi connectivity index (χ0n) is 9.09. The average Bonchev–Trinajstić information content (AvgIpc) is 2.24. The zero-order valence-corrected chi connectivity index (χ0v) is 9.09. The average molecular weight is 229 g/mol. The molecule has 0 N–H and O–H groups in total. The molecule has 0 spiro atoms. The van der Waals surface area contributed by atoms with Crippen LogP contribution in [0, 0.1) is 0 Å². The van der Waals surface area contributed by atoms with Gasteiger partial charge in [0.2, 0.25) is 0 Å². The number of alkyl halides is 3. The predicted molar refractivity (Wildman–Crippen MR) is 58.8 cm³/mol. The fraction of sp³-hybridized carbons (Fsp3) is 0.417. The van der Waals surface area contributed by atoms with Gasteiger partial charge in [-0.25, -0.2) is 0 Å². The Labute approximate surface area is 93.0 Å². The van der Waals surface area contributed by atoms with Crippen molar-refractivity contribution in [3.63, 3.8) is 0 Å². The second-order valence-electron chi connectivity index (χ2n) is 3.47. The van der Waals surface area contributed by atoms with Crippen LogP contribution in [0.5, 0.6) is 0 Å². The standard InChI is InChI=1S/C12H14F3N/c1-2-3-8-16-9-10-6-4-5-7-11(10)12(13,14)15/h4-7,9H,2-3,8H2,1H3. The van der Waals surface area contributed by atoms with E-state index in [2.05, 4.69) is 4.99 Å². The van der Waals surface area contributed by atoms with E-state index in [0.29, 0.717) is 6.54 Å². The molecule has 0 unspecified atom stereocenters. The second kappa shape index (κ2) is 5.68. The van der Waals surface area contributed by atoms with Crippen LogP contribution in [-0.2, 0) is 6.18 Å². The molecule has 0 heterocycles. The van der Waals surface area contributed by atoms with E-state index in [-0.39, 0.29) is 5.56 Å². The molecule has 0 aliphatic heterocycles. The Morgan fingerprint density at radius 1 is 1.25 bits per heavy atom. The van der Waals surface area contributed by atoms with E-state index in [1.165, 1.54) is 18.3 Å². The van der Waals surface area contributed by atoms with Crippen molar-refractivity contribution < 1.29 is 13.2 Å². The van der Waals surface area contributed by atoms with Crippen LogP contribution < -0.4 is 0 Å². The fourth-order valence-electron chi connectivity index (χ4n) is 1.28. The maximum Gasteiger partial charge on any atom is 0.417 e. The normalized spacial score (nSPS) is 12.2. The van der Waals surface area contributed by atoms with Gasteiger partial charge >= 0.3 is 6.18 Å². The minimum Gasteiger partial charge on any atom is -0.293 e. The number of aliphatic imine (C=N–C) groups is 1. The summed E-state index contributed by atoms with van der Waals surface area (Å²) in [6, 6.07) is 5.46. The minimum absolute atomic E-state index is 0.131. The van der Waals surface area contributed by atoms with E-state index in [4.69, 9.17) is 0 Å². The minimum atomic E-state index is -4.31. The Bertz CT molecular complexity index is 356. The third-order valence-electron chi connectivity index (χ3n) is 2.14. The maximum atomic E-state index is 12.6. The van der Waals surface area contributed by atoms with E-state index in [1.807, 2.05) is 6.92 Å². The first-order valence-corrected chi connectivity index (χ1v) is 5.21. The molecule has 0 aromatic heterocycles. The molecule has 0 saturated carbocycles. The first-order chi connectivity index (χ1) is 7.55. The summed E-state index contributed by atoms with van der Waals surface area (Å²) >= 11 is 0. The van der Waals surface area contributed by atoms with Crippen LogP contribution in [0.15, 0.2) is 29.3 Å². The van der Waals surface area contributed by atoms with E-state index in [0.717, 1.165) is 18.9 Å². The van der Waals surface area contributed by atoms with Gasteiger partial charge in [0.1, 0.15) is 0 Å². The molecule has 0 aliphatic rings. The van der Waals surface area contributed by atoms with Crippen molar-refractivity contribution in [2.45, 2.75) is 25.9 Å². The van der Waals surface area contributed by atoms with Gasteiger partial charge in [0, 0.05) is 18.3 Å². The number of rotatable bonds is 4. The van der Waals surface area contributed by atoms with E-state index >= 15 is 0 Å². The molecule has 1 nitrogen and oxygen atoms in total. The van der Waals surface area contributed by atoms with Crippen molar-refractivity contribution in [3.05, 3.63) is 35.4 Å². The lowest BCUT2D eigenvalue weighted by atomic mass is 10.1. The Morgan fingerprint density at radius 2 is 1.94 bits per heavy atom. The van der Waals surface area contributed by atoms with Gasteiger partial charge in [0.15, 0.2) is 0 Å². The highest BCUT2D eigenvalue weighted by atomic mass is 19.4. The molecule has 0 amide bonds. The van der Waals surface area contributed by atoms with E-state index in [1.54, 1.807) is 6.07 Å². The molecule has 0 aliphatic carbocycles. The van der Waals surface area contributed by atoms with Crippen LogP contribution in [0.3, 0.4) is 0 Å². The lowest BCUT2D eigenvalue weighted by Gasteiger charge is -2.09. The molecule has 1 rings (SSSR count). The molecule has 1 aromatic rings. The van der Waals surface area contributed by atoms with Crippen molar-refractivity contribution in [3.8, 4) is 0 Å². The Kier molecular flexibility index (Phi) is 4.52. The van der Waals surface area contributed by atoms with Gasteiger partial charge < -0.3 is 0 Å². The summed E-state index contributed by atoms with van der Waals surface area (Å²) in [7, 11) is 0. The Hall–Kier alpha value is -1.32. The van der Waals surface area contributed by atoms with Gasteiger partial charge in [-0.2, -0.15) is 13.2 Å². The summed E-state index contributed by atoms with van der Waals surface area (Å²) in [6.45, 7) is 2.59. The van der Waals surface area contributed by atoms with Crippen molar-refractivity contribution >= 4 is 6.21 Å². The third-order valence-corrected chi connectivity index (χ3v) is 2.14. The number of hydrogen-bond donors (Lipinski definition) is 0. The van der Waals surface area contributed by atoms with Gasteiger partial charge in [-0.3, -0.25) is 4.99 Å². The van der Waals surface area contributed by atoms with E-state index in [9.17, 15) is 13.2 Å². The highest BCUT2D eigenvalue weighted by Crippen LogP contribution is 2.31. The van der Waals surface area contributed by atoms with Gasteiger partial charge in [-0.15, -0.1) is 0 Å². The lowest BCUT2D eigenvalue weighted by Crippen LogP contribution is -2.08. The van der Waals surface area contributed by atoms with Crippen LogP contribution in [0.2, 0.25) is 0 Å². The predicted octanol–water partition coefficient (Wildman–Crippen LogP) is 3.92. The van der Waals surface area contributed by atoms with Crippen LogP contribution in [0.1, 0.15) is 30.9 Å². The highest BCUT2D eigenvalue weighted by molar-refractivity contribution is 5.82. The molecular formula is C12H14F3N. The zero-order chi connectivity index (χ0) is 12.0. The summed E-state index contributed by atoms with van der Waals surface area (Å²) in [6.07, 6.45) is -1.13. The summed E-state index contributed by atoms with van der Waals surface area (Å²) in [5.41, 5.74) is -0.499. The Balaban J connectivity index is 2.83.